The van der Waals surface area contributed by atoms with Crippen molar-refractivity contribution in [2.24, 2.45) is 0 Å². The third-order valence-electron chi connectivity index (χ3n) is 5.49. The van der Waals surface area contributed by atoms with Crippen LogP contribution in [0.3, 0.4) is 0 Å². The number of furan rings is 1. The van der Waals surface area contributed by atoms with Gasteiger partial charge < -0.3 is 9.32 Å². The minimum atomic E-state index is -3.59. The molecule has 8 heteroatoms. The van der Waals surface area contributed by atoms with Gasteiger partial charge in [0.1, 0.15) is 5.58 Å². The van der Waals surface area contributed by atoms with Crippen molar-refractivity contribution in [3.63, 3.8) is 0 Å². The average Bonchev–Trinajstić information content (AvgIpc) is 2.90. The van der Waals surface area contributed by atoms with Crippen molar-refractivity contribution in [2.45, 2.75) is 25.2 Å². The van der Waals surface area contributed by atoms with E-state index in [-0.39, 0.29) is 23.1 Å². The third kappa shape index (κ3) is 3.85. The topological polar surface area (TPSA) is 70.8 Å². The summed E-state index contributed by atoms with van der Waals surface area (Å²) in [5.74, 6) is 0.0523. The van der Waals surface area contributed by atoms with Gasteiger partial charge in [-0.25, -0.2) is 8.42 Å². The van der Waals surface area contributed by atoms with Gasteiger partial charge in [0.2, 0.25) is 10.0 Å². The molecule has 0 saturated carbocycles. The molecule has 158 valence electrons. The molecule has 0 N–H and O–H groups in total. The van der Waals surface area contributed by atoms with Crippen LogP contribution in [0.25, 0.3) is 11.0 Å². The van der Waals surface area contributed by atoms with Crippen LogP contribution in [-0.2, 0) is 10.0 Å². The number of amides is 1. The fourth-order valence-corrected chi connectivity index (χ4v) is 5.38. The number of fused-ring (bicyclic) bond motifs is 1. The number of benzene rings is 2. The molecule has 1 fully saturated rings. The summed E-state index contributed by atoms with van der Waals surface area (Å²) in [7, 11) is -3.59. The SMILES string of the molecule is Cc1ccc(S(=O)(=O)N2CCCN(C(=O)c3oc4ccc(Cl)cc4c3C)CC2)cc1. The predicted octanol–water partition coefficient (Wildman–Crippen LogP) is 4.24. The van der Waals surface area contributed by atoms with E-state index < -0.39 is 10.0 Å². The van der Waals surface area contributed by atoms with Gasteiger partial charge in [0.15, 0.2) is 5.76 Å². The molecule has 0 bridgehead atoms. The van der Waals surface area contributed by atoms with E-state index in [2.05, 4.69) is 0 Å². The lowest BCUT2D eigenvalue weighted by atomic mass is 10.1. The summed E-state index contributed by atoms with van der Waals surface area (Å²) in [5, 5.41) is 1.39. The second-order valence-corrected chi connectivity index (χ2v) is 9.93. The number of halogens is 1. The van der Waals surface area contributed by atoms with Crippen molar-refractivity contribution in [2.75, 3.05) is 26.2 Å². The highest BCUT2D eigenvalue weighted by atomic mass is 35.5. The molecule has 1 aliphatic rings. The van der Waals surface area contributed by atoms with Crippen LogP contribution < -0.4 is 0 Å². The number of aryl methyl sites for hydroxylation is 2. The Bertz CT molecular complexity index is 1200. The van der Waals surface area contributed by atoms with Crippen molar-refractivity contribution >= 4 is 38.5 Å². The maximum atomic E-state index is 13.1. The molecule has 3 aromatic rings. The molecule has 4 rings (SSSR count). The first-order chi connectivity index (χ1) is 14.3. The smallest absolute Gasteiger partial charge is 0.289 e. The van der Waals surface area contributed by atoms with Gasteiger partial charge in [0.25, 0.3) is 5.91 Å². The van der Waals surface area contributed by atoms with E-state index in [0.29, 0.717) is 36.7 Å². The molecule has 0 atom stereocenters. The Hall–Kier alpha value is -2.35. The van der Waals surface area contributed by atoms with Gasteiger partial charge in [-0.3, -0.25) is 4.79 Å². The number of hydrogen-bond acceptors (Lipinski definition) is 4. The zero-order chi connectivity index (χ0) is 21.5. The molecular weight excluding hydrogens is 424 g/mol. The van der Waals surface area contributed by atoms with Gasteiger partial charge in [0, 0.05) is 42.2 Å². The monoisotopic (exact) mass is 446 g/mol. The summed E-state index contributed by atoms with van der Waals surface area (Å²) in [5.41, 5.74) is 2.36. The van der Waals surface area contributed by atoms with Crippen molar-refractivity contribution in [3.05, 3.63) is 64.4 Å². The molecule has 2 heterocycles. The minimum absolute atomic E-state index is 0.227. The minimum Gasteiger partial charge on any atom is -0.451 e. The lowest BCUT2D eigenvalue weighted by molar-refractivity contribution is 0.0733. The quantitative estimate of drug-likeness (QED) is 0.603. The van der Waals surface area contributed by atoms with Crippen LogP contribution in [0.2, 0.25) is 5.02 Å². The number of carbonyl (C=O) groups excluding carboxylic acids is 1. The van der Waals surface area contributed by atoms with Gasteiger partial charge in [-0.15, -0.1) is 0 Å². The molecule has 1 aliphatic heterocycles. The maximum Gasteiger partial charge on any atom is 0.289 e. The maximum absolute atomic E-state index is 13.1. The van der Waals surface area contributed by atoms with Gasteiger partial charge in [-0.05, 0) is 50.6 Å². The Morgan fingerprint density at radius 1 is 1.00 bits per heavy atom. The highest BCUT2D eigenvalue weighted by Gasteiger charge is 2.30. The van der Waals surface area contributed by atoms with E-state index in [0.717, 1.165) is 16.5 Å². The van der Waals surface area contributed by atoms with E-state index in [9.17, 15) is 13.2 Å². The Morgan fingerprint density at radius 3 is 2.47 bits per heavy atom. The van der Waals surface area contributed by atoms with Crippen LogP contribution in [0.4, 0.5) is 0 Å². The van der Waals surface area contributed by atoms with E-state index in [1.807, 2.05) is 13.8 Å². The summed E-state index contributed by atoms with van der Waals surface area (Å²) in [6.07, 6.45) is 0.557. The normalized spacial score (nSPS) is 16.0. The van der Waals surface area contributed by atoms with E-state index in [4.69, 9.17) is 16.0 Å². The fourth-order valence-electron chi connectivity index (χ4n) is 3.74. The lowest BCUT2D eigenvalue weighted by Crippen LogP contribution is -2.37. The van der Waals surface area contributed by atoms with Crippen LogP contribution in [0.5, 0.6) is 0 Å². The van der Waals surface area contributed by atoms with Crippen LogP contribution in [0.1, 0.15) is 28.1 Å². The highest BCUT2D eigenvalue weighted by molar-refractivity contribution is 7.89. The molecule has 0 aliphatic carbocycles. The molecule has 1 amide bonds. The van der Waals surface area contributed by atoms with E-state index in [1.165, 1.54) is 4.31 Å². The molecule has 30 heavy (non-hydrogen) atoms. The standard InChI is InChI=1S/C22H23ClN2O4S/c1-15-4-7-18(8-5-15)30(27,28)25-11-3-10-24(12-13-25)22(26)21-16(2)19-14-17(23)6-9-20(19)29-21/h4-9,14H,3,10-13H2,1-2H3. The summed E-state index contributed by atoms with van der Waals surface area (Å²) in [4.78, 5) is 15.1. The average molecular weight is 447 g/mol. The zero-order valence-electron chi connectivity index (χ0n) is 16.9. The van der Waals surface area contributed by atoms with Crippen molar-refractivity contribution < 1.29 is 17.6 Å². The van der Waals surface area contributed by atoms with Gasteiger partial charge in [0.05, 0.1) is 4.90 Å². The summed E-state index contributed by atoms with van der Waals surface area (Å²) >= 11 is 6.07. The van der Waals surface area contributed by atoms with Crippen molar-refractivity contribution in [3.8, 4) is 0 Å². The number of nitrogens with zero attached hydrogens (tertiary/aromatic N) is 2. The predicted molar refractivity (Wildman–Crippen MR) is 116 cm³/mol. The lowest BCUT2D eigenvalue weighted by Gasteiger charge is -2.21. The van der Waals surface area contributed by atoms with Crippen LogP contribution in [0, 0.1) is 13.8 Å². The van der Waals surface area contributed by atoms with Crippen LogP contribution >= 0.6 is 11.6 Å². The molecule has 1 saturated heterocycles. The zero-order valence-corrected chi connectivity index (χ0v) is 18.5. The fraction of sp³-hybridized carbons (Fsp3) is 0.318. The Labute approximate surface area is 181 Å². The molecule has 0 spiro atoms. The van der Waals surface area contributed by atoms with Gasteiger partial charge in [-0.1, -0.05) is 29.3 Å². The van der Waals surface area contributed by atoms with E-state index in [1.54, 1.807) is 47.4 Å². The third-order valence-corrected chi connectivity index (χ3v) is 7.64. The number of carbonyl (C=O) groups is 1. The number of hydrogen-bond donors (Lipinski definition) is 0. The summed E-state index contributed by atoms with van der Waals surface area (Å²) in [6, 6.07) is 12.1. The molecule has 6 nitrogen and oxygen atoms in total. The summed E-state index contributed by atoms with van der Waals surface area (Å²) in [6.45, 7) is 5.14. The Kier molecular flexibility index (Phi) is 5.61. The molecule has 0 radical (unpaired) electrons. The van der Waals surface area contributed by atoms with Gasteiger partial charge in [-0.2, -0.15) is 4.31 Å². The first-order valence-corrected chi connectivity index (χ1v) is 11.6. The first kappa shape index (κ1) is 20.9. The first-order valence-electron chi connectivity index (χ1n) is 9.82. The highest BCUT2D eigenvalue weighted by Crippen LogP contribution is 2.29. The Morgan fingerprint density at radius 2 is 1.73 bits per heavy atom. The molecule has 2 aromatic carbocycles. The molecule has 0 unspecified atom stereocenters. The second-order valence-electron chi connectivity index (χ2n) is 7.56. The van der Waals surface area contributed by atoms with Crippen LogP contribution in [-0.4, -0.2) is 49.7 Å². The van der Waals surface area contributed by atoms with E-state index >= 15 is 0 Å². The van der Waals surface area contributed by atoms with Crippen molar-refractivity contribution in [1.82, 2.24) is 9.21 Å². The molecular formula is C22H23ClN2O4S. The Balaban J connectivity index is 1.54. The summed E-state index contributed by atoms with van der Waals surface area (Å²) < 4.78 is 33.2. The number of rotatable bonds is 3. The van der Waals surface area contributed by atoms with Crippen LogP contribution in [0.15, 0.2) is 51.8 Å². The largest absolute Gasteiger partial charge is 0.451 e. The van der Waals surface area contributed by atoms with Crippen molar-refractivity contribution in [1.29, 1.82) is 0 Å². The molecule has 1 aromatic heterocycles. The van der Waals surface area contributed by atoms with Gasteiger partial charge >= 0.3 is 0 Å². The number of sulfonamides is 1. The second kappa shape index (κ2) is 8.06.